The van der Waals surface area contributed by atoms with Crippen LogP contribution in [0.2, 0.25) is 0 Å². The molecule has 6 nitrogen and oxygen atoms in total. The van der Waals surface area contributed by atoms with Crippen molar-refractivity contribution < 1.29 is 9.53 Å². The summed E-state index contributed by atoms with van der Waals surface area (Å²) in [5.41, 5.74) is 0.811. The summed E-state index contributed by atoms with van der Waals surface area (Å²) < 4.78 is 4.78. The summed E-state index contributed by atoms with van der Waals surface area (Å²) in [4.78, 5) is 15.5. The molecule has 0 aliphatic heterocycles. The molecule has 0 atom stereocenters. The Morgan fingerprint density at radius 3 is 3.13 bits per heavy atom. The van der Waals surface area contributed by atoms with Gasteiger partial charge in [0.15, 0.2) is 0 Å². The number of anilines is 1. The second kappa shape index (κ2) is 4.12. The van der Waals surface area contributed by atoms with E-state index in [1.165, 1.54) is 7.11 Å². The Morgan fingerprint density at radius 1 is 1.67 bits per heavy atom. The Morgan fingerprint density at radius 2 is 2.53 bits per heavy atom. The van der Waals surface area contributed by atoms with E-state index >= 15 is 0 Å². The van der Waals surface area contributed by atoms with Crippen molar-refractivity contribution in [3.63, 3.8) is 0 Å². The van der Waals surface area contributed by atoms with Crippen LogP contribution in [0.3, 0.4) is 0 Å². The second-order valence-corrected chi connectivity index (χ2v) is 3.25. The minimum absolute atomic E-state index is 0.119. The summed E-state index contributed by atoms with van der Waals surface area (Å²) in [6, 6.07) is 0.214. The lowest BCUT2D eigenvalue weighted by Crippen LogP contribution is -2.14. The summed E-state index contributed by atoms with van der Waals surface area (Å²) in [6.07, 6.45) is 4.80. The monoisotopic (exact) mass is 208 g/mol. The highest BCUT2D eigenvalue weighted by atomic mass is 16.5. The molecule has 2 rings (SSSR count). The van der Waals surface area contributed by atoms with Crippen molar-refractivity contribution >= 4 is 11.9 Å². The first-order chi connectivity index (χ1) is 7.29. The number of rotatable bonds is 3. The van der Waals surface area contributed by atoms with Crippen LogP contribution in [0.4, 0.5) is 5.95 Å². The molecule has 0 saturated carbocycles. The SMILES string of the molecule is COc1n[nH]c(NC(=O)C2=CCCC2)n1. The minimum Gasteiger partial charge on any atom is -0.466 e. The molecule has 1 amide bonds. The number of hydrogen-bond donors (Lipinski definition) is 2. The van der Waals surface area contributed by atoms with E-state index in [4.69, 9.17) is 4.74 Å². The minimum atomic E-state index is -0.119. The molecule has 1 aromatic rings. The normalized spacial score (nSPS) is 14.9. The van der Waals surface area contributed by atoms with Crippen LogP contribution in [0.1, 0.15) is 19.3 Å². The standard InChI is InChI=1S/C9H12N4O2/c1-15-9-11-8(12-13-9)10-7(14)6-4-2-3-5-6/h4H,2-3,5H2,1H3,(H2,10,11,12,13,14). The van der Waals surface area contributed by atoms with E-state index < -0.39 is 0 Å². The Bertz CT molecular complexity index is 397. The summed E-state index contributed by atoms with van der Waals surface area (Å²) in [7, 11) is 1.47. The first kappa shape index (κ1) is 9.70. The molecule has 1 aliphatic rings. The molecule has 0 bridgehead atoms. The summed E-state index contributed by atoms with van der Waals surface area (Å²) in [6.45, 7) is 0. The van der Waals surface area contributed by atoms with Gasteiger partial charge in [-0.1, -0.05) is 6.08 Å². The molecular formula is C9H12N4O2. The quantitative estimate of drug-likeness (QED) is 0.772. The Hall–Kier alpha value is -1.85. The molecule has 0 saturated heterocycles. The molecule has 0 aromatic carbocycles. The van der Waals surface area contributed by atoms with Crippen LogP contribution in [-0.2, 0) is 4.79 Å². The molecule has 0 unspecified atom stereocenters. The number of aromatic amines is 1. The molecular weight excluding hydrogens is 196 g/mol. The van der Waals surface area contributed by atoms with E-state index in [-0.39, 0.29) is 11.9 Å². The van der Waals surface area contributed by atoms with Crippen LogP contribution in [0.15, 0.2) is 11.6 Å². The van der Waals surface area contributed by atoms with Crippen LogP contribution in [0, 0.1) is 0 Å². The maximum atomic E-state index is 11.6. The van der Waals surface area contributed by atoms with Crippen LogP contribution in [0.5, 0.6) is 6.01 Å². The largest absolute Gasteiger partial charge is 0.466 e. The third kappa shape index (κ3) is 2.15. The third-order valence-electron chi connectivity index (χ3n) is 2.21. The highest BCUT2D eigenvalue weighted by Gasteiger charge is 2.14. The number of H-pyrrole nitrogens is 1. The van der Waals surface area contributed by atoms with Gasteiger partial charge in [-0.3, -0.25) is 10.1 Å². The third-order valence-corrected chi connectivity index (χ3v) is 2.21. The van der Waals surface area contributed by atoms with Gasteiger partial charge in [0.05, 0.1) is 7.11 Å². The van der Waals surface area contributed by atoms with Gasteiger partial charge in [-0.05, 0) is 19.3 Å². The number of methoxy groups -OCH3 is 1. The van der Waals surface area contributed by atoms with Crippen LogP contribution in [-0.4, -0.2) is 28.2 Å². The Labute approximate surface area is 86.7 Å². The van der Waals surface area contributed by atoms with Crippen molar-refractivity contribution in [1.29, 1.82) is 0 Å². The van der Waals surface area contributed by atoms with Crippen molar-refractivity contribution in [2.24, 2.45) is 0 Å². The fraction of sp³-hybridized carbons (Fsp3) is 0.444. The van der Waals surface area contributed by atoms with Gasteiger partial charge in [0.25, 0.3) is 5.91 Å². The summed E-state index contributed by atoms with van der Waals surface area (Å²) in [5.74, 6) is 0.191. The second-order valence-electron chi connectivity index (χ2n) is 3.25. The zero-order chi connectivity index (χ0) is 10.7. The molecule has 2 N–H and O–H groups in total. The number of nitrogens with one attached hydrogen (secondary N) is 2. The Kier molecular flexibility index (Phi) is 2.66. The van der Waals surface area contributed by atoms with Gasteiger partial charge in [0.1, 0.15) is 0 Å². The molecule has 15 heavy (non-hydrogen) atoms. The first-order valence-electron chi connectivity index (χ1n) is 4.76. The highest BCUT2D eigenvalue weighted by molar-refractivity contribution is 6.02. The molecule has 6 heteroatoms. The summed E-state index contributed by atoms with van der Waals surface area (Å²) >= 11 is 0. The van der Waals surface area contributed by atoms with Crippen molar-refractivity contribution in [1.82, 2.24) is 15.2 Å². The van der Waals surface area contributed by atoms with Gasteiger partial charge in [-0.25, -0.2) is 5.10 Å². The predicted molar refractivity (Wildman–Crippen MR) is 53.5 cm³/mol. The molecule has 0 radical (unpaired) electrons. The topological polar surface area (TPSA) is 79.9 Å². The van der Waals surface area contributed by atoms with E-state index in [0.717, 1.165) is 24.8 Å². The molecule has 0 fully saturated rings. The van der Waals surface area contributed by atoms with E-state index in [1.807, 2.05) is 6.08 Å². The molecule has 1 aromatic heterocycles. The van der Waals surface area contributed by atoms with Crippen LogP contribution >= 0.6 is 0 Å². The lowest BCUT2D eigenvalue weighted by Gasteiger charge is -2.00. The lowest BCUT2D eigenvalue weighted by atomic mass is 10.2. The number of hydrogen-bond acceptors (Lipinski definition) is 4. The van der Waals surface area contributed by atoms with Gasteiger partial charge >= 0.3 is 6.01 Å². The number of carbonyl (C=O) groups excluding carboxylic acids is 1. The number of aromatic nitrogens is 3. The van der Waals surface area contributed by atoms with Crippen molar-refractivity contribution in [2.45, 2.75) is 19.3 Å². The summed E-state index contributed by atoms with van der Waals surface area (Å²) in [5, 5.41) is 8.91. The fourth-order valence-corrected chi connectivity index (χ4v) is 1.46. The van der Waals surface area contributed by atoms with Gasteiger partial charge < -0.3 is 4.74 Å². The van der Waals surface area contributed by atoms with Crippen molar-refractivity contribution in [3.05, 3.63) is 11.6 Å². The zero-order valence-electron chi connectivity index (χ0n) is 8.41. The number of nitrogens with zero attached hydrogens (tertiary/aromatic N) is 2. The zero-order valence-corrected chi connectivity index (χ0v) is 8.41. The van der Waals surface area contributed by atoms with E-state index in [1.54, 1.807) is 0 Å². The number of carbonyl (C=O) groups is 1. The average molecular weight is 208 g/mol. The van der Waals surface area contributed by atoms with E-state index in [9.17, 15) is 4.79 Å². The van der Waals surface area contributed by atoms with Crippen LogP contribution in [0.25, 0.3) is 0 Å². The molecule has 80 valence electrons. The van der Waals surface area contributed by atoms with Gasteiger partial charge in [0.2, 0.25) is 5.95 Å². The molecule has 1 aliphatic carbocycles. The maximum Gasteiger partial charge on any atom is 0.336 e. The predicted octanol–water partition coefficient (Wildman–Crippen LogP) is 0.862. The first-order valence-corrected chi connectivity index (χ1v) is 4.76. The number of ether oxygens (including phenoxy) is 1. The highest BCUT2D eigenvalue weighted by Crippen LogP contribution is 2.18. The number of amides is 1. The van der Waals surface area contributed by atoms with Crippen molar-refractivity contribution in [3.8, 4) is 6.01 Å². The average Bonchev–Trinajstić information content (AvgIpc) is 2.87. The maximum absolute atomic E-state index is 11.6. The molecule has 1 heterocycles. The van der Waals surface area contributed by atoms with Gasteiger partial charge in [-0.15, -0.1) is 5.10 Å². The Balaban J connectivity index is 1.99. The van der Waals surface area contributed by atoms with Gasteiger partial charge in [0, 0.05) is 5.57 Å². The molecule has 0 spiro atoms. The lowest BCUT2D eigenvalue weighted by molar-refractivity contribution is -0.113. The van der Waals surface area contributed by atoms with E-state index in [0.29, 0.717) is 5.95 Å². The number of allylic oxidation sites excluding steroid dienone is 1. The van der Waals surface area contributed by atoms with Crippen molar-refractivity contribution in [2.75, 3.05) is 12.4 Å². The van der Waals surface area contributed by atoms with Crippen LogP contribution < -0.4 is 10.1 Å². The fourth-order valence-electron chi connectivity index (χ4n) is 1.46. The van der Waals surface area contributed by atoms with E-state index in [2.05, 4.69) is 20.5 Å². The van der Waals surface area contributed by atoms with Gasteiger partial charge in [-0.2, -0.15) is 4.98 Å². The smallest absolute Gasteiger partial charge is 0.336 e.